The van der Waals surface area contributed by atoms with E-state index in [0.29, 0.717) is 5.56 Å². The van der Waals surface area contributed by atoms with Crippen molar-refractivity contribution in [3.8, 4) is 0 Å². The molecule has 0 aliphatic heterocycles. The number of aryl methyl sites for hydroxylation is 1. The monoisotopic (exact) mass is 252 g/mol. The maximum Gasteiger partial charge on any atom is 0.416 e. The molecular formula is C9H8BrF3. The van der Waals surface area contributed by atoms with Gasteiger partial charge in [0.25, 0.3) is 0 Å². The van der Waals surface area contributed by atoms with Gasteiger partial charge in [0.2, 0.25) is 0 Å². The summed E-state index contributed by atoms with van der Waals surface area (Å²) in [6.45, 7) is 1.65. The fourth-order valence-corrected chi connectivity index (χ4v) is 1.56. The predicted octanol–water partition coefficient (Wildman–Crippen LogP) is 3.91. The first-order chi connectivity index (χ1) is 5.95. The maximum absolute atomic E-state index is 12.4. The van der Waals surface area contributed by atoms with Crippen LogP contribution in [0.1, 0.15) is 16.7 Å². The maximum atomic E-state index is 12.4. The average Bonchev–Trinajstić information content (AvgIpc) is 2.03. The Bertz CT molecular complexity index is 304. The molecule has 0 bridgehead atoms. The van der Waals surface area contributed by atoms with Crippen LogP contribution in [0.5, 0.6) is 0 Å². The quantitative estimate of drug-likeness (QED) is 0.665. The van der Waals surface area contributed by atoms with E-state index in [1.54, 1.807) is 13.0 Å². The van der Waals surface area contributed by atoms with Gasteiger partial charge in [-0.2, -0.15) is 13.2 Å². The molecule has 0 aliphatic carbocycles. The van der Waals surface area contributed by atoms with Crippen molar-refractivity contribution in [2.24, 2.45) is 0 Å². The fraction of sp³-hybridized carbons (Fsp3) is 0.333. The van der Waals surface area contributed by atoms with E-state index in [1.807, 2.05) is 0 Å². The largest absolute Gasteiger partial charge is 0.416 e. The van der Waals surface area contributed by atoms with E-state index < -0.39 is 11.7 Å². The lowest BCUT2D eigenvalue weighted by Crippen LogP contribution is -2.08. The molecule has 0 fully saturated rings. The summed E-state index contributed by atoms with van der Waals surface area (Å²) in [5.41, 5.74) is 0.347. The van der Waals surface area contributed by atoms with E-state index in [2.05, 4.69) is 15.9 Å². The lowest BCUT2D eigenvalue weighted by atomic mass is 10.1. The van der Waals surface area contributed by atoms with Crippen molar-refractivity contribution in [1.29, 1.82) is 0 Å². The Morgan fingerprint density at radius 3 is 2.38 bits per heavy atom. The number of halogens is 4. The second-order valence-electron chi connectivity index (χ2n) is 2.79. The lowest BCUT2D eigenvalue weighted by molar-refractivity contribution is -0.138. The van der Waals surface area contributed by atoms with Crippen LogP contribution in [0.3, 0.4) is 0 Å². The molecule has 4 heteroatoms. The molecule has 1 rings (SSSR count). The van der Waals surface area contributed by atoms with Gasteiger partial charge in [0.05, 0.1) is 5.56 Å². The number of hydrogen-bond donors (Lipinski definition) is 0. The molecule has 1 aromatic carbocycles. The highest BCUT2D eigenvalue weighted by molar-refractivity contribution is 9.08. The van der Waals surface area contributed by atoms with Gasteiger partial charge in [-0.3, -0.25) is 0 Å². The van der Waals surface area contributed by atoms with Gasteiger partial charge in [-0.05, 0) is 18.6 Å². The van der Waals surface area contributed by atoms with E-state index in [9.17, 15) is 13.2 Å². The molecule has 0 aliphatic rings. The zero-order valence-corrected chi connectivity index (χ0v) is 8.54. The minimum atomic E-state index is -4.25. The van der Waals surface area contributed by atoms with Gasteiger partial charge in [-0.1, -0.05) is 33.6 Å². The van der Waals surface area contributed by atoms with Gasteiger partial charge < -0.3 is 0 Å². The Morgan fingerprint density at radius 1 is 1.31 bits per heavy atom. The predicted molar refractivity (Wildman–Crippen MR) is 48.8 cm³/mol. The molecule has 0 atom stereocenters. The van der Waals surface area contributed by atoms with Crippen LogP contribution in [0, 0.1) is 6.92 Å². The molecule has 0 nitrogen and oxygen atoms in total. The first-order valence-electron chi connectivity index (χ1n) is 3.68. The first kappa shape index (κ1) is 10.6. The van der Waals surface area contributed by atoms with Crippen molar-refractivity contribution in [3.63, 3.8) is 0 Å². The lowest BCUT2D eigenvalue weighted by Gasteiger charge is -2.11. The van der Waals surface area contributed by atoms with Gasteiger partial charge in [0.1, 0.15) is 0 Å². The van der Waals surface area contributed by atoms with Crippen LogP contribution in [0.2, 0.25) is 0 Å². The summed E-state index contributed by atoms with van der Waals surface area (Å²) in [4.78, 5) is 0. The minimum Gasteiger partial charge on any atom is -0.166 e. The summed E-state index contributed by atoms with van der Waals surface area (Å²) < 4.78 is 37.2. The molecule has 0 N–H and O–H groups in total. The Morgan fingerprint density at radius 2 is 1.92 bits per heavy atom. The van der Waals surface area contributed by atoms with Crippen LogP contribution >= 0.6 is 15.9 Å². The van der Waals surface area contributed by atoms with Crippen LogP contribution < -0.4 is 0 Å². The molecule has 0 amide bonds. The second-order valence-corrected chi connectivity index (χ2v) is 3.35. The molecule has 0 spiro atoms. The molecule has 0 aromatic heterocycles. The number of rotatable bonds is 1. The smallest absolute Gasteiger partial charge is 0.166 e. The highest BCUT2D eigenvalue weighted by atomic mass is 79.9. The van der Waals surface area contributed by atoms with Gasteiger partial charge in [-0.25, -0.2) is 0 Å². The Labute approximate surface area is 82.9 Å². The van der Waals surface area contributed by atoms with Gasteiger partial charge in [-0.15, -0.1) is 0 Å². The van der Waals surface area contributed by atoms with Crippen LogP contribution in [0.4, 0.5) is 13.2 Å². The third-order valence-electron chi connectivity index (χ3n) is 1.71. The highest BCUT2D eigenvalue weighted by Crippen LogP contribution is 2.33. The molecule has 0 saturated carbocycles. The summed E-state index contributed by atoms with van der Waals surface area (Å²) in [7, 11) is 0. The standard InChI is InChI=1S/C9H8BrF3/c1-6-2-3-7(5-10)8(4-6)9(11,12)13/h2-4H,5H2,1H3. The summed E-state index contributed by atoms with van der Waals surface area (Å²) in [5.74, 6) is 0. The molecule has 0 heterocycles. The van der Waals surface area contributed by atoms with E-state index in [0.717, 1.165) is 6.07 Å². The van der Waals surface area contributed by atoms with Crippen molar-refractivity contribution in [1.82, 2.24) is 0 Å². The van der Waals surface area contributed by atoms with Gasteiger partial charge in [0, 0.05) is 5.33 Å². The van der Waals surface area contributed by atoms with Crippen LogP contribution in [0.25, 0.3) is 0 Å². The third kappa shape index (κ3) is 2.46. The number of hydrogen-bond acceptors (Lipinski definition) is 0. The first-order valence-corrected chi connectivity index (χ1v) is 4.80. The summed E-state index contributed by atoms with van der Waals surface area (Å²) >= 11 is 3.03. The Kier molecular flexibility index (Phi) is 3.01. The molecule has 0 unspecified atom stereocenters. The fourth-order valence-electron chi connectivity index (χ4n) is 1.07. The number of benzene rings is 1. The van der Waals surface area contributed by atoms with Gasteiger partial charge >= 0.3 is 6.18 Å². The average molecular weight is 253 g/mol. The van der Waals surface area contributed by atoms with Crippen LogP contribution in [-0.2, 0) is 11.5 Å². The molecule has 1 aromatic rings. The van der Waals surface area contributed by atoms with Crippen molar-refractivity contribution in [2.75, 3.05) is 0 Å². The zero-order chi connectivity index (χ0) is 10.1. The highest BCUT2D eigenvalue weighted by Gasteiger charge is 2.32. The van der Waals surface area contributed by atoms with Crippen molar-refractivity contribution in [2.45, 2.75) is 18.4 Å². The minimum absolute atomic E-state index is 0.224. The van der Waals surface area contributed by atoms with Crippen LogP contribution in [0.15, 0.2) is 18.2 Å². The summed E-state index contributed by atoms with van der Waals surface area (Å²) in [6.07, 6.45) is -4.25. The van der Waals surface area contributed by atoms with E-state index in [1.165, 1.54) is 6.07 Å². The molecule has 0 radical (unpaired) electrons. The van der Waals surface area contributed by atoms with E-state index in [4.69, 9.17) is 0 Å². The summed E-state index contributed by atoms with van der Waals surface area (Å²) in [6, 6.07) is 4.33. The van der Waals surface area contributed by atoms with Crippen molar-refractivity contribution in [3.05, 3.63) is 34.9 Å². The van der Waals surface area contributed by atoms with E-state index in [-0.39, 0.29) is 10.9 Å². The molecule has 72 valence electrons. The Hall–Kier alpha value is -0.510. The SMILES string of the molecule is Cc1ccc(CBr)c(C(F)(F)F)c1. The number of alkyl halides is 4. The van der Waals surface area contributed by atoms with Gasteiger partial charge in [0.15, 0.2) is 0 Å². The van der Waals surface area contributed by atoms with Crippen molar-refractivity contribution >= 4 is 15.9 Å². The summed E-state index contributed by atoms with van der Waals surface area (Å²) in [5, 5.41) is 0.224. The second kappa shape index (κ2) is 3.70. The van der Waals surface area contributed by atoms with E-state index >= 15 is 0 Å². The normalized spacial score (nSPS) is 11.8. The zero-order valence-electron chi connectivity index (χ0n) is 6.95. The van der Waals surface area contributed by atoms with Crippen LogP contribution in [-0.4, -0.2) is 0 Å². The van der Waals surface area contributed by atoms with Crippen molar-refractivity contribution < 1.29 is 13.2 Å². The molecular weight excluding hydrogens is 245 g/mol. The third-order valence-corrected chi connectivity index (χ3v) is 2.32. The molecule has 0 saturated heterocycles. The molecule has 13 heavy (non-hydrogen) atoms. The topological polar surface area (TPSA) is 0 Å². The Balaban J connectivity index is 3.24.